The summed E-state index contributed by atoms with van der Waals surface area (Å²) in [6.45, 7) is 5.17. The zero-order valence-electron chi connectivity index (χ0n) is 12.6. The summed E-state index contributed by atoms with van der Waals surface area (Å²) < 4.78 is 0. The number of anilines is 3. The number of aromatic nitrogens is 3. The third-order valence-corrected chi connectivity index (χ3v) is 2.89. The second-order valence-corrected chi connectivity index (χ2v) is 5.67. The number of nitrogens with two attached hydrogens (primary N) is 1. The Labute approximate surface area is 119 Å². The lowest BCUT2D eigenvalue weighted by Gasteiger charge is -2.24. The van der Waals surface area contributed by atoms with Crippen molar-refractivity contribution in [2.75, 3.05) is 42.9 Å². The number of nitrogens with zero attached hydrogens (tertiary/aromatic N) is 4. The number of aliphatic hydroxyl groups excluding tert-OH is 1. The summed E-state index contributed by atoms with van der Waals surface area (Å²) in [4.78, 5) is 14.4. The molecule has 0 fully saturated rings. The molecule has 0 aliphatic rings. The van der Waals surface area contributed by atoms with Crippen LogP contribution in [0.15, 0.2) is 0 Å². The van der Waals surface area contributed by atoms with Gasteiger partial charge in [-0.05, 0) is 18.3 Å². The van der Waals surface area contributed by atoms with Gasteiger partial charge in [-0.3, -0.25) is 5.43 Å². The molecule has 8 heteroatoms. The average Bonchev–Trinajstić information content (AvgIpc) is 2.42. The second kappa shape index (κ2) is 7.20. The Hall–Kier alpha value is -1.67. The SMILES string of the molecule is CN(C)c1nc(NN)nc(NCC(C)(C)CCCO)n1. The van der Waals surface area contributed by atoms with E-state index in [4.69, 9.17) is 10.9 Å². The Kier molecular flexibility index (Phi) is 5.90. The highest BCUT2D eigenvalue weighted by molar-refractivity contribution is 5.42. The molecule has 0 aliphatic heterocycles. The van der Waals surface area contributed by atoms with Crippen LogP contribution < -0.4 is 21.5 Å². The molecule has 0 saturated carbocycles. The molecule has 8 nitrogen and oxygen atoms in total. The van der Waals surface area contributed by atoms with E-state index in [-0.39, 0.29) is 12.0 Å². The number of rotatable bonds is 8. The van der Waals surface area contributed by atoms with Crippen molar-refractivity contribution < 1.29 is 5.11 Å². The van der Waals surface area contributed by atoms with Crippen molar-refractivity contribution >= 4 is 17.8 Å². The average molecular weight is 283 g/mol. The molecule has 0 amide bonds. The molecule has 0 aliphatic carbocycles. The molecule has 114 valence electrons. The van der Waals surface area contributed by atoms with E-state index in [1.165, 1.54) is 0 Å². The van der Waals surface area contributed by atoms with Crippen LogP contribution in [0.1, 0.15) is 26.7 Å². The molecule has 0 atom stereocenters. The Balaban J connectivity index is 2.74. The fourth-order valence-electron chi connectivity index (χ4n) is 1.67. The summed E-state index contributed by atoms with van der Waals surface area (Å²) in [6.07, 6.45) is 1.70. The van der Waals surface area contributed by atoms with Crippen molar-refractivity contribution in [3.05, 3.63) is 0 Å². The van der Waals surface area contributed by atoms with Crippen LogP contribution in [0.2, 0.25) is 0 Å². The van der Waals surface area contributed by atoms with Crippen molar-refractivity contribution in [1.82, 2.24) is 15.0 Å². The Morgan fingerprint density at radius 1 is 1.20 bits per heavy atom. The summed E-state index contributed by atoms with van der Waals surface area (Å²) in [5.41, 5.74) is 2.48. The van der Waals surface area contributed by atoms with Gasteiger partial charge in [0.05, 0.1) is 0 Å². The Morgan fingerprint density at radius 2 is 1.85 bits per heavy atom. The first-order valence-electron chi connectivity index (χ1n) is 6.63. The van der Waals surface area contributed by atoms with Gasteiger partial charge < -0.3 is 15.3 Å². The summed E-state index contributed by atoms with van der Waals surface area (Å²) in [6, 6.07) is 0. The minimum atomic E-state index is 0.0456. The van der Waals surface area contributed by atoms with E-state index < -0.39 is 0 Å². The fraction of sp³-hybridized carbons (Fsp3) is 0.750. The van der Waals surface area contributed by atoms with E-state index >= 15 is 0 Å². The molecule has 0 saturated heterocycles. The first-order chi connectivity index (χ1) is 9.38. The molecule has 1 rings (SSSR count). The number of hydrazine groups is 1. The summed E-state index contributed by atoms with van der Waals surface area (Å²) in [7, 11) is 3.70. The molecule has 0 radical (unpaired) electrons. The molecule has 0 spiro atoms. The van der Waals surface area contributed by atoms with Crippen LogP contribution in [0, 0.1) is 5.41 Å². The van der Waals surface area contributed by atoms with Crippen molar-refractivity contribution in [2.24, 2.45) is 11.3 Å². The van der Waals surface area contributed by atoms with Crippen LogP contribution in [0.5, 0.6) is 0 Å². The topological polar surface area (TPSA) is 112 Å². The molecule has 0 aromatic carbocycles. The molecule has 1 aromatic rings. The molecule has 0 bridgehead atoms. The van der Waals surface area contributed by atoms with Gasteiger partial charge in [0.1, 0.15) is 0 Å². The van der Waals surface area contributed by atoms with Crippen molar-refractivity contribution in [2.45, 2.75) is 26.7 Å². The Morgan fingerprint density at radius 3 is 2.40 bits per heavy atom. The van der Waals surface area contributed by atoms with E-state index in [1.54, 1.807) is 4.90 Å². The lowest BCUT2D eigenvalue weighted by molar-refractivity contribution is 0.247. The van der Waals surface area contributed by atoms with Gasteiger partial charge in [-0.15, -0.1) is 0 Å². The standard InChI is InChI=1S/C12H25N7O/c1-12(2,6-5-7-20)8-14-9-15-10(18-13)17-11(16-9)19(3)4/h20H,5-8,13H2,1-4H3,(H2,14,15,16,17,18). The normalized spacial score (nSPS) is 11.3. The largest absolute Gasteiger partial charge is 0.396 e. The van der Waals surface area contributed by atoms with Gasteiger partial charge in [-0.1, -0.05) is 13.8 Å². The van der Waals surface area contributed by atoms with Gasteiger partial charge in [0.2, 0.25) is 17.8 Å². The molecule has 20 heavy (non-hydrogen) atoms. The lowest BCUT2D eigenvalue weighted by Crippen LogP contribution is -2.25. The molecular formula is C12H25N7O. The van der Waals surface area contributed by atoms with Crippen molar-refractivity contribution in [1.29, 1.82) is 0 Å². The highest BCUT2D eigenvalue weighted by Gasteiger charge is 2.18. The van der Waals surface area contributed by atoms with Gasteiger partial charge in [0.25, 0.3) is 0 Å². The predicted octanol–water partition coefficient (Wildman–Crippen LogP) is 0.434. The van der Waals surface area contributed by atoms with Gasteiger partial charge in [-0.2, -0.15) is 15.0 Å². The van der Waals surface area contributed by atoms with Crippen LogP contribution >= 0.6 is 0 Å². The predicted molar refractivity (Wildman–Crippen MR) is 80.6 cm³/mol. The Bertz CT molecular complexity index is 422. The van der Waals surface area contributed by atoms with Gasteiger partial charge in [0, 0.05) is 27.2 Å². The number of nitrogens with one attached hydrogen (secondary N) is 2. The molecule has 0 unspecified atom stereocenters. The highest BCUT2D eigenvalue weighted by atomic mass is 16.2. The summed E-state index contributed by atoms with van der Waals surface area (Å²) in [5.74, 6) is 6.69. The number of aliphatic hydroxyl groups is 1. The first kappa shape index (κ1) is 16.4. The molecule has 1 aromatic heterocycles. The van der Waals surface area contributed by atoms with E-state index in [2.05, 4.69) is 39.5 Å². The zero-order valence-corrected chi connectivity index (χ0v) is 12.6. The summed E-state index contributed by atoms with van der Waals surface area (Å²) >= 11 is 0. The van der Waals surface area contributed by atoms with E-state index in [1.807, 2.05) is 14.1 Å². The van der Waals surface area contributed by atoms with Crippen LogP contribution in [0.4, 0.5) is 17.8 Å². The number of nitrogen functional groups attached to an aromatic ring is 1. The maximum atomic E-state index is 8.90. The first-order valence-corrected chi connectivity index (χ1v) is 6.63. The fourth-order valence-corrected chi connectivity index (χ4v) is 1.67. The van der Waals surface area contributed by atoms with Crippen LogP contribution in [0.3, 0.4) is 0 Å². The van der Waals surface area contributed by atoms with Crippen LogP contribution in [-0.4, -0.2) is 47.3 Å². The third-order valence-electron chi connectivity index (χ3n) is 2.89. The maximum absolute atomic E-state index is 8.90. The van der Waals surface area contributed by atoms with E-state index in [9.17, 15) is 0 Å². The van der Waals surface area contributed by atoms with Gasteiger partial charge >= 0.3 is 0 Å². The monoisotopic (exact) mass is 283 g/mol. The third kappa shape index (κ3) is 5.14. The summed E-state index contributed by atoms with van der Waals surface area (Å²) in [5, 5.41) is 12.1. The smallest absolute Gasteiger partial charge is 0.243 e. The lowest BCUT2D eigenvalue weighted by atomic mass is 9.88. The highest BCUT2D eigenvalue weighted by Crippen LogP contribution is 2.22. The van der Waals surface area contributed by atoms with Gasteiger partial charge in [-0.25, -0.2) is 5.84 Å². The number of hydrogen-bond donors (Lipinski definition) is 4. The molecular weight excluding hydrogens is 258 g/mol. The molecule has 5 N–H and O–H groups in total. The van der Waals surface area contributed by atoms with Crippen LogP contribution in [0.25, 0.3) is 0 Å². The van der Waals surface area contributed by atoms with Gasteiger partial charge in [0.15, 0.2) is 0 Å². The van der Waals surface area contributed by atoms with Crippen LogP contribution in [-0.2, 0) is 0 Å². The number of hydrogen-bond acceptors (Lipinski definition) is 8. The van der Waals surface area contributed by atoms with E-state index in [0.717, 1.165) is 12.8 Å². The minimum absolute atomic E-state index is 0.0456. The second-order valence-electron chi connectivity index (χ2n) is 5.67. The van der Waals surface area contributed by atoms with Crippen molar-refractivity contribution in [3.8, 4) is 0 Å². The van der Waals surface area contributed by atoms with Crippen molar-refractivity contribution in [3.63, 3.8) is 0 Å². The minimum Gasteiger partial charge on any atom is -0.396 e. The molecule has 1 heterocycles. The zero-order chi connectivity index (χ0) is 15.2. The van der Waals surface area contributed by atoms with E-state index in [0.29, 0.717) is 24.4 Å². The quantitative estimate of drug-likeness (QED) is 0.401. The maximum Gasteiger partial charge on any atom is 0.243 e.